The van der Waals surface area contributed by atoms with Gasteiger partial charge < -0.3 is 5.11 Å². The molecular formula is C20H28O2. The van der Waals surface area contributed by atoms with Gasteiger partial charge in [-0.2, -0.15) is 0 Å². The monoisotopic (exact) mass is 300 g/mol. The Balaban J connectivity index is 2.17. The third-order valence-corrected chi connectivity index (χ3v) is 6.34. The average Bonchev–Trinajstić information content (AvgIpc) is 2.41. The number of rotatable bonds is 1. The minimum absolute atomic E-state index is 0.0119. The number of carbonyl (C=O) groups is 1. The summed E-state index contributed by atoms with van der Waals surface area (Å²) in [6, 6.07) is 0. The maximum atomic E-state index is 12.9. The van der Waals surface area contributed by atoms with Gasteiger partial charge in [-0.05, 0) is 41.1 Å². The van der Waals surface area contributed by atoms with E-state index in [1.165, 1.54) is 12.8 Å². The molecular weight excluding hydrogens is 272 g/mol. The molecule has 0 aliphatic heterocycles. The van der Waals surface area contributed by atoms with Gasteiger partial charge in [0.1, 0.15) is 5.76 Å². The molecule has 0 bridgehead atoms. The number of fused-ring (bicyclic) bond motifs is 3. The summed E-state index contributed by atoms with van der Waals surface area (Å²) in [5.74, 6) is 0.970. The molecule has 0 aromatic heterocycles. The van der Waals surface area contributed by atoms with E-state index in [0.717, 1.165) is 17.6 Å². The molecule has 22 heavy (non-hydrogen) atoms. The molecule has 0 spiro atoms. The number of hydrogen-bond donors (Lipinski definition) is 1. The van der Waals surface area contributed by atoms with Gasteiger partial charge in [0.05, 0.1) is 5.57 Å². The van der Waals surface area contributed by atoms with Crippen LogP contribution in [0.1, 0.15) is 60.3 Å². The fraction of sp³-hybridized carbons (Fsp3) is 0.650. The van der Waals surface area contributed by atoms with Crippen LogP contribution < -0.4 is 0 Å². The average molecular weight is 300 g/mol. The van der Waals surface area contributed by atoms with Gasteiger partial charge in [0.2, 0.25) is 0 Å². The summed E-state index contributed by atoms with van der Waals surface area (Å²) >= 11 is 0. The van der Waals surface area contributed by atoms with Crippen LogP contribution in [0.3, 0.4) is 0 Å². The lowest BCUT2D eigenvalue weighted by molar-refractivity contribution is -0.113. The largest absolute Gasteiger partial charge is 0.512 e. The number of aliphatic hydroxyl groups is 1. The van der Waals surface area contributed by atoms with Crippen LogP contribution in [0.15, 0.2) is 34.6 Å². The van der Waals surface area contributed by atoms with E-state index in [1.54, 1.807) is 0 Å². The first-order valence-electron chi connectivity index (χ1n) is 8.58. The number of ketones is 1. The molecule has 1 N–H and O–H groups in total. The molecule has 0 unspecified atom stereocenters. The molecule has 2 nitrogen and oxygen atoms in total. The molecule has 1 fully saturated rings. The number of carbonyl (C=O) groups excluding carboxylic acids is 1. The molecule has 3 aliphatic rings. The third kappa shape index (κ3) is 2.03. The van der Waals surface area contributed by atoms with E-state index in [4.69, 9.17) is 0 Å². The van der Waals surface area contributed by atoms with E-state index in [9.17, 15) is 9.90 Å². The van der Waals surface area contributed by atoms with Gasteiger partial charge in [-0.25, -0.2) is 0 Å². The van der Waals surface area contributed by atoms with E-state index < -0.39 is 0 Å². The van der Waals surface area contributed by atoms with Crippen molar-refractivity contribution in [2.24, 2.45) is 22.7 Å². The van der Waals surface area contributed by atoms with Crippen LogP contribution in [0.2, 0.25) is 0 Å². The number of aliphatic hydroxyl groups excluding tert-OH is 1. The highest BCUT2D eigenvalue weighted by Gasteiger charge is 2.53. The normalized spacial score (nSPS) is 34.1. The molecule has 2 heteroatoms. The second kappa shape index (κ2) is 4.84. The molecule has 120 valence electrons. The second-order valence-electron chi connectivity index (χ2n) is 8.52. The van der Waals surface area contributed by atoms with Crippen LogP contribution in [0.5, 0.6) is 0 Å². The van der Waals surface area contributed by atoms with Crippen molar-refractivity contribution >= 4 is 5.78 Å². The van der Waals surface area contributed by atoms with Crippen LogP contribution in [0, 0.1) is 22.7 Å². The molecule has 0 radical (unpaired) electrons. The Morgan fingerprint density at radius 1 is 1.18 bits per heavy atom. The third-order valence-electron chi connectivity index (χ3n) is 6.34. The molecule has 0 aromatic rings. The van der Waals surface area contributed by atoms with Crippen LogP contribution in [0.4, 0.5) is 0 Å². The molecule has 1 saturated carbocycles. The van der Waals surface area contributed by atoms with E-state index in [1.807, 2.05) is 19.9 Å². The van der Waals surface area contributed by atoms with Gasteiger partial charge in [0, 0.05) is 12.0 Å². The lowest BCUT2D eigenvalue weighted by Gasteiger charge is -2.55. The summed E-state index contributed by atoms with van der Waals surface area (Å²) in [4.78, 5) is 12.9. The van der Waals surface area contributed by atoms with Crippen molar-refractivity contribution in [1.82, 2.24) is 0 Å². The SMILES string of the molecule is CC(C)C1=CC=C2C(=C(O)C[C@H]3C(C)(C)CCC[C@]23C)C1=O. The zero-order valence-corrected chi connectivity index (χ0v) is 14.5. The zero-order chi connectivity index (χ0) is 16.3. The van der Waals surface area contributed by atoms with E-state index in [0.29, 0.717) is 23.7 Å². The quantitative estimate of drug-likeness (QED) is 0.729. The van der Waals surface area contributed by atoms with E-state index in [2.05, 4.69) is 26.8 Å². The maximum Gasteiger partial charge on any atom is 0.192 e. The molecule has 3 rings (SSSR count). The summed E-state index contributed by atoms with van der Waals surface area (Å²) in [7, 11) is 0. The smallest absolute Gasteiger partial charge is 0.192 e. The van der Waals surface area contributed by atoms with Crippen molar-refractivity contribution in [3.63, 3.8) is 0 Å². The van der Waals surface area contributed by atoms with Gasteiger partial charge in [-0.1, -0.05) is 53.2 Å². The topological polar surface area (TPSA) is 37.3 Å². The zero-order valence-electron chi connectivity index (χ0n) is 14.5. The second-order valence-corrected chi connectivity index (χ2v) is 8.52. The molecule has 0 heterocycles. The highest BCUT2D eigenvalue weighted by molar-refractivity contribution is 6.13. The van der Waals surface area contributed by atoms with Crippen LogP contribution in [-0.4, -0.2) is 10.9 Å². The van der Waals surface area contributed by atoms with Gasteiger partial charge >= 0.3 is 0 Å². The lowest BCUT2D eigenvalue weighted by atomic mass is 9.49. The Labute approximate surface area is 134 Å². The fourth-order valence-electron chi connectivity index (χ4n) is 5.06. The first kappa shape index (κ1) is 15.6. The van der Waals surface area contributed by atoms with E-state index in [-0.39, 0.29) is 22.5 Å². The Morgan fingerprint density at radius 3 is 2.50 bits per heavy atom. The lowest BCUT2D eigenvalue weighted by Crippen LogP contribution is -2.47. The molecule has 0 amide bonds. The fourth-order valence-corrected chi connectivity index (χ4v) is 5.06. The minimum atomic E-state index is 0.0119. The maximum absolute atomic E-state index is 12.9. The predicted octanol–water partition coefficient (Wildman–Crippen LogP) is 5.13. The summed E-state index contributed by atoms with van der Waals surface area (Å²) in [5, 5.41) is 10.7. The van der Waals surface area contributed by atoms with Crippen molar-refractivity contribution in [2.75, 3.05) is 0 Å². The van der Waals surface area contributed by atoms with Crippen molar-refractivity contribution in [1.29, 1.82) is 0 Å². The Morgan fingerprint density at radius 2 is 1.86 bits per heavy atom. The first-order valence-corrected chi connectivity index (χ1v) is 8.58. The summed E-state index contributed by atoms with van der Waals surface area (Å²) in [5.41, 5.74) is 2.74. The van der Waals surface area contributed by atoms with Crippen molar-refractivity contribution < 1.29 is 9.90 Å². The van der Waals surface area contributed by atoms with Crippen LogP contribution in [-0.2, 0) is 4.79 Å². The number of allylic oxidation sites excluding steroid dienone is 6. The van der Waals surface area contributed by atoms with Gasteiger partial charge in [-0.3, -0.25) is 4.79 Å². The minimum Gasteiger partial charge on any atom is -0.512 e. The first-order chi connectivity index (χ1) is 10.2. The number of hydrogen-bond acceptors (Lipinski definition) is 2. The van der Waals surface area contributed by atoms with Crippen LogP contribution >= 0.6 is 0 Å². The van der Waals surface area contributed by atoms with Gasteiger partial charge in [0.25, 0.3) is 0 Å². The highest BCUT2D eigenvalue weighted by Crippen LogP contribution is 2.61. The van der Waals surface area contributed by atoms with Crippen molar-refractivity contribution in [3.05, 3.63) is 34.6 Å². The van der Waals surface area contributed by atoms with E-state index >= 15 is 0 Å². The molecule has 3 aliphatic carbocycles. The Hall–Kier alpha value is -1.31. The summed E-state index contributed by atoms with van der Waals surface area (Å²) < 4.78 is 0. The molecule has 2 atom stereocenters. The highest BCUT2D eigenvalue weighted by atomic mass is 16.3. The van der Waals surface area contributed by atoms with Crippen molar-refractivity contribution in [2.45, 2.75) is 60.3 Å². The summed E-state index contributed by atoms with van der Waals surface area (Å²) in [6.07, 6.45) is 8.27. The molecule has 0 aromatic carbocycles. The number of Topliss-reactive ketones (excluding diaryl/α,β-unsaturated/α-hetero) is 1. The summed E-state index contributed by atoms with van der Waals surface area (Å²) in [6.45, 7) is 11.0. The predicted molar refractivity (Wildman–Crippen MR) is 89.5 cm³/mol. The van der Waals surface area contributed by atoms with Gasteiger partial charge in [-0.15, -0.1) is 0 Å². The Kier molecular flexibility index (Phi) is 3.43. The van der Waals surface area contributed by atoms with Crippen molar-refractivity contribution in [3.8, 4) is 0 Å². The van der Waals surface area contributed by atoms with Crippen LogP contribution in [0.25, 0.3) is 0 Å². The van der Waals surface area contributed by atoms with Gasteiger partial charge in [0.15, 0.2) is 5.78 Å². The molecule has 0 saturated heterocycles. The standard InChI is InChI=1S/C20H28O2/c1-12(2)13-7-8-14-17(18(13)22)15(21)11-16-19(3,4)9-6-10-20(14,16)5/h7-8,12,16,21H,6,9-11H2,1-5H3/t16-,20+/m0/s1. The Bertz CT molecular complexity index is 616.